The van der Waals surface area contributed by atoms with Gasteiger partial charge in [0, 0.05) is 57.7 Å². The number of nitriles is 1. The second-order valence-corrected chi connectivity index (χ2v) is 7.87. The quantitative estimate of drug-likeness (QED) is 0.559. The zero-order valence-corrected chi connectivity index (χ0v) is 17.5. The maximum Gasteiger partial charge on any atom is 0.124 e. The molecular weight excluding hydrogens is 370 g/mol. The molecule has 0 aliphatic carbocycles. The average molecular weight is 400 g/mol. The SMILES string of the molecule is N#CCCN1CCN(Cc2c(OCCc3ccccc3)ccc3ccccc23)CC1. The fourth-order valence-corrected chi connectivity index (χ4v) is 4.14. The maximum atomic E-state index is 8.82. The molecule has 1 aliphatic rings. The third-order valence-electron chi connectivity index (χ3n) is 5.88. The number of piperazine rings is 1. The Hall–Kier alpha value is -2.87. The van der Waals surface area contributed by atoms with Gasteiger partial charge < -0.3 is 4.74 Å². The molecule has 30 heavy (non-hydrogen) atoms. The van der Waals surface area contributed by atoms with Crippen LogP contribution in [0.25, 0.3) is 10.8 Å². The van der Waals surface area contributed by atoms with Crippen LogP contribution in [0.15, 0.2) is 66.7 Å². The van der Waals surface area contributed by atoms with Gasteiger partial charge in [-0.05, 0) is 22.4 Å². The average Bonchev–Trinajstić information content (AvgIpc) is 2.80. The molecule has 4 rings (SSSR count). The van der Waals surface area contributed by atoms with Crippen molar-refractivity contribution in [2.24, 2.45) is 0 Å². The molecule has 0 aromatic heterocycles. The van der Waals surface area contributed by atoms with Crippen LogP contribution in [0.3, 0.4) is 0 Å². The van der Waals surface area contributed by atoms with Gasteiger partial charge in [-0.2, -0.15) is 5.26 Å². The Balaban J connectivity index is 1.46. The van der Waals surface area contributed by atoms with Crippen molar-refractivity contribution in [1.29, 1.82) is 5.26 Å². The standard InChI is InChI=1S/C26H29N3O/c27-14-6-15-28-16-18-29(19-17-28)21-25-24-10-5-4-9-23(24)11-12-26(25)30-20-13-22-7-2-1-3-8-22/h1-5,7-12H,6,13,15-21H2. The molecule has 1 aliphatic heterocycles. The van der Waals surface area contributed by atoms with Gasteiger partial charge >= 0.3 is 0 Å². The minimum Gasteiger partial charge on any atom is -0.493 e. The van der Waals surface area contributed by atoms with E-state index in [0.717, 1.165) is 51.4 Å². The van der Waals surface area contributed by atoms with Gasteiger partial charge in [0.1, 0.15) is 5.75 Å². The Morgan fingerprint density at radius 1 is 0.833 bits per heavy atom. The zero-order chi connectivity index (χ0) is 20.6. The lowest BCUT2D eigenvalue weighted by Crippen LogP contribution is -2.46. The van der Waals surface area contributed by atoms with E-state index in [2.05, 4.69) is 76.5 Å². The van der Waals surface area contributed by atoms with E-state index in [9.17, 15) is 0 Å². The Kier molecular flexibility index (Phi) is 6.97. The summed E-state index contributed by atoms with van der Waals surface area (Å²) >= 11 is 0. The van der Waals surface area contributed by atoms with Gasteiger partial charge in [-0.3, -0.25) is 9.80 Å². The first-order valence-electron chi connectivity index (χ1n) is 10.8. The van der Waals surface area contributed by atoms with Crippen molar-refractivity contribution in [3.05, 3.63) is 77.9 Å². The first-order valence-corrected chi connectivity index (χ1v) is 10.8. The second-order valence-electron chi connectivity index (χ2n) is 7.87. The normalized spacial score (nSPS) is 15.2. The summed E-state index contributed by atoms with van der Waals surface area (Å²) in [6.45, 7) is 6.56. The van der Waals surface area contributed by atoms with E-state index in [4.69, 9.17) is 10.00 Å². The van der Waals surface area contributed by atoms with Gasteiger partial charge in [-0.25, -0.2) is 0 Å². The fourth-order valence-electron chi connectivity index (χ4n) is 4.14. The second kappa shape index (κ2) is 10.2. The summed E-state index contributed by atoms with van der Waals surface area (Å²) < 4.78 is 6.29. The van der Waals surface area contributed by atoms with E-state index in [1.807, 2.05) is 6.07 Å². The van der Waals surface area contributed by atoms with Gasteiger partial charge in [0.15, 0.2) is 0 Å². The number of hydrogen-bond acceptors (Lipinski definition) is 4. The van der Waals surface area contributed by atoms with Gasteiger partial charge in [0.2, 0.25) is 0 Å². The molecule has 1 saturated heterocycles. The molecule has 0 saturated carbocycles. The number of fused-ring (bicyclic) bond motifs is 1. The number of ether oxygens (including phenoxy) is 1. The minimum absolute atomic E-state index is 0.614. The highest BCUT2D eigenvalue weighted by molar-refractivity contribution is 5.87. The Labute approximate surface area is 179 Å². The van der Waals surface area contributed by atoms with E-state index in [0.29, 0.717) is 13.0 Å². The molecule has 0 atom stereocenters. The predicted octanol–water partition coefficient (Wildman–Crippen LogP) is 4.49. The summed E-state index contributed by atoms with van der Waals surface area (Å²) in [5, 5.41) is 11.4. The molecule has 0 radical (unpaired) electrons. The van der Waals surface area contributed by atoms with E-state index >= 15 is 0 Å². The molecule has 3 aromatic rings. The minimum atomic E-state index is 0.614. The van der Waals surface area contributed by atoms with Crippen LogP contribution in [0.4, 0.5) is 0 Å². The zero-order valence-electron chi connectivity index (χ0n) is 17.5. The Morgan fingerprint density at radius 3 is 2.37 bits per heavy atom. The lowest BCUT2D eigenvalue weighted by molar-refractivity contribution is 0.128. The molecule has 0 spiro atoms. The third-order valence-corrected chi connectivity index (χ3v) is 5.88. The maximum absolute atomic E-state index is 8.82. The molecule has 0 bridgehead atoms. The van der Waals surface area contributed by atoms with Crippen LogP contribution >= 0.6 is 0 Å². The topological polar surface area (TPSA) is 39.5 Å². The van der Waals surface area contributed by atoms with Gasteiger partial charge in [0.05, 0.1) is 12.7 Å². The predicted molar refractivity (Wildman–Crippen MR) is 122 cm³/mol. The van der Waals surface area contributed by atoms with Crippen molar-refractivity contribution < 1.29 is 4.74 Å². The van der Waals surface area contributed by atoms with Crippen molar-refractivity contribution >= 4 is 10.8 Å². The summed E-state index contributed by atoms with van der Waals surface area (Å²) in [4.78, 5) is 4.90. The van der Waals surface area contributed by atoms with Crippen LogP contribution in [-0.2, 0) is 13.0 Å². The number of rotatable bonds is 8. The van der Waals surface area contributed by atoms with Crippen LogP contribution in [0.1, 0.15) is 17.5 Å². The van der Waals surface area contributed by atoms with Crippen LogP contribution in [-0.4, -0.2) is 49.1 Å². The highest BCUT2D eigenvalue weighted by Crippen LogP contribution is 2.30. The number of hydrogen-bond donors (Lipinski definition) is 0. The van der Waals surface area contributed by atoms with Crippen molar-refractivity contribution in [1.82, 2.24) is 9.80 Å². The molecule has 0 unspecified atom stereocenters. The summed E-state index contributed by atoms with van der Waals surface area (Å²) in [5.41, 5.74) is 2.58. The summed E-state index contributed by atoms with van der Waals surface area (Å²) in [7, 11) is 0. The Bertz CT molecular complexity index is 988. The lowest BCUT2D eigenvalue weighted by atomic mass is 10.0. The van der Waals surface area contributed by atoms with Gasteiger partial charge in [-0.15, -0.1) is 0 Å². The largest absolute Gasteiger partial charge is 0.493 e. The van der Waals surface area contributed by atoms with Crippen molar-refractivity contribution in [3.63, 3.8) is 0 Å². The van der Waals surface area contributed by atoms with Crippen LogP contribution in [0, 0.1) is 11.3 Å². The first-order chi connectivity index (χ1) is 14.8. The van der Waals surface area contributed by atoms with E-state index in [-0.39, 0.29) is 0 Å². The monoisotopic (exact) mass is 399 g/mol. The van der Waals surface area contributed by atoms with E-state index in [1.165, 1.54) is 21.9 Å². The van der Waals surface area contributed by atoms with Crippen molar-refractivity contribution in [2.75, 3.05) is 39.3 Å². The van der Waals surface area contributed by atoms with Gasteiger partial charge in [-0.1, -0.05) is 60.7 Å². The van der Waals surface area contributed by atoms with Gasteiger partial charge in [0.25, 0.3) is 0 Å². The van der Waals surface area contributed by atoms with Crippen LogP contribution < -0.4 is 4.74 Å². The Morgan fingerprint density at radius 2 is 1.57 bits per heavy atom. The van der Waals surface area contributed by atoms with Crippen molar-refractivity contribution in [3.8, 4) is 11.8 Å². The van der Waals surface area contributed by atoms with Crippen LogP contribution in [0.2, 0.25) is 0 Å². The molecule has 3 aromatic carbocycles. The molecule has 4 nitrogen and oxygen atoms in total. The lowest BCUT2D eigenvalue weighted by Gasteiger charge is -2.34. The third kappa shape index (κ3) is 5.18. The summed E-state index contributed by atoms with van der Waals surface area (Å²) in [6, 6.07) is 25.6. The highest BCUT2D eigenvalue weighted by Gasteiger charge is 2.19. The molecule has 1 heterocycles. The first kappa shape index (κ1) is 20.4. The van der Waals surface area contributed by atoms with E-state index < -0.39 is 0 Å². The van der Waals surface area contributed by atoms with E-state index in [1.54, 1.807) is 0 Å². The highest BCUT2D eigenvalue weighted by atomic mass is 16.5. The molecule has 0 amide bonds. The van der Waals surface area contributed by atoms with Crippen molar-refractivity contribution in [2.45, 2.75) is 19.4 Å². The summed E-state index contributed by atoms with van der Waals surface area (Å²) in [5.74, 6) is 0.997. The fraction of sp³-hybridized carbons (Fsp3) is 0.346. The molecule has 4 heteroatoms. The molecule has 1 fully saturated rings. The molecule has 154 valence electrons. The molecular formula is C26H29N3O. The van der Waals surface area contributed by atoms with Crippen LogP contribution in [0.5, 0.6) is 5.75 Å². The summed E-state index contributed by atoms with van der Waals surface area (Å²) in [6.07, 6.45) is 1.52. The number of benzene rings is 3. The number of nitrogens with zero attached hydrogens (tertiary/aromatic N) is 3. The smallest absolute Gasteiger partial charge is 0.124 e. The molecule has 0 N–H and O–H groups in total.